The maximum atomic E-state index is 11.8. The minimum atomic E-state index is 0.0476. The molecule has 0 radical (unpaired) electrons. The van der Waals surface area contributed by atoms with E-state index < -0.39 is 0 Å². The fraction of sp³-hybridized carbons (Fsp3) is 0.812. The summed E-state index contributed by atoms with van der Waals surface area (Å²) in [5.74, 6) is 0.622. The number of Topliss-reactive ketones (excluding diaryl/α,β-unsaturated/α-hetero) is 1. The molecule has 110 valence electrons. The van der Waals surface area contributed by atoms with Gasteiger partial charge in [-0.1, -0.05) is 26.7 Å². The highest BCUT2D eigenvalue weighted by Crippen LogP contribution is 2.24. The summed E-state index contributed by atoms with van der Waals surface area (Å²) < 4.78 is 6.00. The monoisotopic (exact) mass is 267 g/mol. The molecule has 1 aliphatic carbocycles. The van der Waals surface area contributed by atoms with E-state index in [0.29, 0.717) is 5.76 Å². The predicted octanol–water partition coefficient (Wildman–Crippen LogP) is 3.94. The molecule has 0 atom stereocenters. The molecule has 0 aromatic rings. The van der Waals surface area contributed by atoms with Gasteiger partial charge in [0.2, 0.25) is 0 Å². The second kappa shape index (κ2) is 9.00. The van der Waals surface area contributed by atoms with Gasteiger partial charge in [-0.25, -0.2) is 0 Å². The first-order chi connectivity index (χ1) is 9.19. The van der Waals surface area contributed by atoms with Crippen LogP contribution in [-0.2, 0) is 9.53 Å². The molecule has 1 aliphatic rings. The molecule has 0 bridgehead atoms. The lowest BCUT2D eigenvalue weighted by Crippen LogP contribution is -2.24. The van der Waals surface area contributed by atoms with E-state index in [-0.39, 0.29) is 11.9 Å². The third kappa shape index (κ3) is 5.66. The fourth-order valence-electron chi connectivity index (χ4n) is 2.50. The highest BCUT2D eigenvalue weighted by Gasteiger charge is 2.20. The average molecular weight is 267 g/mol. The van der Waals surface area contributed by atoms with Crippen molar-refractivity contribution in [3.8, 4) is 0 Å². The highest BCUT2D eigenvalue weighted by atomic mass is 16.5. The number of unbranched alkanes of at least 4 members (excludes halogenated alkanes) is 1. The Morgan fingerprint density at radius 3 is 2.42 bits per heavy atom. The van der Waals surface area contributed by atoms with Gasteiger partial charge in [-0.2, -0.15) is 0 Å². The van der Waals surface area contributed by atoms with Crippen molar-refractivity contribution in [1.82, 2.24) is 5.32 Å². The molecular weight excluding hydrogens is 238 g/mol. The van der Waals surface area contributed by atoms with Gasteiger partial charge in [0.1, 0.15) is 0 Å². The molecule has 0 heterocycles. The molecule has 1 fully saturated rings. The lowest BCUT2D eigenvalue weighted by molar-refractivity contribution is -0.118. The highest BCUT2D eigenvalue weighted by molar-refractivity contribution is 5.91. The molecule has 0 spiro atoms. The number of allylic oxidation sites excluding steroid dienone is 2. The van der Waals surface area contributed by atoms with Gasteiger partial charge in [-0.3, -0.25) is 4.79 Å². The summed E-state index contributed by atoms with van der Waals surface area (Å²) in [4.78, 5) is 11.8. The quantitative estimate of drug-likeness (QED) is 0.411. The van der Waals surface area contributed by atoms with Gasteiger partial charge in [-0.05, 0) is 38.5 Å². The van der Waals surface area contributed by atoms with Crippen LogP contribution in [0, 0.1) is 0 Å². The van der Waals surface area contributed by atoms with Crippen LogP contribution in [0.25, 0.3) is 0 Å². The average Bonchev–Trinajstić information content (AvgIpc) is 2.42. The standard InChI is InChI=1S/C16H29NO2/c1-4-6-12-17-15(5-2)16(13(3)18)19-14-10-8-7-9-11-14/h14,17H,4-12H2,1-3H3/b16-15-. The summed E-state index contributed by atoms with van der Waals surface area (Å²) in [5.41, 5.74) is 0.978. The molecule has 0 saturated heterocycles. The maximum Gasteiger partial charge on any atom is 0.196 e. The van der Waals surface area contributed by atoms with Gasteiger partial charge in [0.25, 0.3) is 0 Å². The van der Waals surface area contributed by atoms with E-state index in [1.165, 1.54) is 19.3 Å². The van der Waals surface area contributed by atoms with Crippen LogP contribution in [0.1, 0.15) is 72.1 Å². The van der Waals surface area contributed by atoms with Gasteiger partial charge >= 0.3 is 0 Å². The predicted molar refractivity (Wildman–Crippen MR) is 78.9 cm³/mol. The molecule has 0 aliphatic heterocycles. The largest absolute Gasteiger partial charge is 0.485 e. The first-order valence-corrected chi connectivity index (χ1v) is 7.83. The lowest BCUT2D eigenvalue weighted by Gasteiger charge is -2.25. The Labute approximate surface area is 117 Å². The van der Waals surface area contributed by atoms with Gasteiger partial charge in [-0.15, -0.1) is 0 Å². The molecule has 0 amide bonds. The van der Waals surface area contributed by atoms with E-state index in [0.717, 1.165) is 44.3 Å². The van der Waals surface area contributed by atoms with E-state index in [1.54, 1.807) is 6.92 Å². The number of rotatable bonds is 8. The smallest absolute Gasteiger partial charge is 0.196 e. The normalized spacial score (nSPS) is 17.8. The summed E-state index contributed by atoms with van der Waals surface area (Å²) in [6.07, 6.45) is 9.26. The zero-order valence-electron chi connectivity index (χ0n) is 12.8. The number of nitrogens with one attached hydrogen (secondary N) is 1. The van der Waals surface area contributed by atoms with Crippen LogP contribution in [0.3, 0.4) is 0 Å². The number of ketones is 1. The Kier molecular flexibility index (Phi) is 7.61. The van der Waals surface area contributed by atoms with Crippen molar-refractivity contribution in [2.24, 2.45) is 0 Å². The number of hydrogen-bond donors (Lipinski definition) is 1. The van der Waals surface area contributed by atoms with Crippen LogP contribution < -0.4 is 5.32 Å². The van der Waals surface area contributed by atoms with Gasteiger partial charge in [0.05, 0.1) is 11.8 Å². The fourth-order valence-corrected chi connectivity index (χ4v) is 2.50. The zero-order chi connectivity index (χ0) is 14.1. The van der Waals surface area contributed by atoms with Crippen LogP contribution in [0.4, 0.5) is 0 Å². The number of hydrogen-bond acceptors (Lipinski definition) is 3. The van der Waals surface area contributed by atoms with Gasteiger partial charge in [0, 0.05) is 13.5 Å². The molecule has 0 unspecified atom stereocenters. The Bertz CT molecular complexity index is 304. The first-order valence-electron chi connectivity index (χ1n) is 7.83. The maximum absolute atomic E-state index is 11.8. The minimum Gasteiger partial charge on any atom is -0.485 e. The third-order valence-corrected chi connectivity index (χ3v) is 3.65. The second-order valence-corrected chi connectivity index (χ2v) is 5.38. The van der Waals surface area contributed by atoms with Crippen molar-refractivity contribution in [2.75, 3.05) is 6.54 Å². The summed E-state index contributed by atoms with van der Waals surface area (Å²) >= 11 is 0. The second-order valence-electron chi connectivity index (χ2n) is 5.38. The van der Waals surface area contributed by atoms with Crippen molar-refractivity contribution < 1.29 is 9.53 Å². The summed E-state index contributed by atoms with van der Waals surface area (Å²) in [5, 5.41) is 3.38. The molecule has 1 saturated carbocycles. The number of carbonyl (C=O) groups excluding carboxylic acids is 1. The molecule has 3 nitrogen and oxygen atoms in total. The van der Waals surface area contributed by atoms with Crippen molar-refractivity contribution in [2.45, 2.75) is 78.2 Å². The van der Waals surface area contributed by atoms with Crippen LogP contribution in [0.15, 0.2) is 11.5 Å². The lowest BCUT2D eigenvalue weighted by atomic mass is 9.97. The molecule has 0 aromatic carbocycles. The summed E-state index contributed by atoms with van der Waals surface area (Å²) in [6, 6.07) is 0. The Morgan fingerprint density at radius 2 is 1.89 bits per heavy atom. The summed E-state index contributed by atoms with van der Waals surface area (Å²) in [6.45, 7) is 6.77. The van der Waals surface area contributed by atoms with Gasteiger partial charge in [0.15, 0.2) is 11.5 Å². The van der Waals surface area contributed by atoms with E-state index in [4.69, 9.17) is 4.74 Å². The van der Waals surface area contributed by atoms with Crippen LogP contribution in [0.5, 0.6) is 0 Å². The first kappa shape index (κ1) is 16.1. The van der Waals surface area contributed by atoms with E-state index in [9.17, 15) is 4.79 Å². The van der Waals surface area contributed by atoms with E-state index in [1.807, 2.05) is 0 Å². The SMILES string of the molecule is CCCCN/C(CC)=C(\OC1CCCCC1)C(C)=O. The van der Waals surface area contributed by atoms with Crippen LogP contribution in [0.2, 0.25) is 0 Å². The van der Waals surface area contributed by atoms with Crippen LogP contribution >= 0.6 is 0 Å². The van der Waals surface area contributed by atoms with E-state index in [2.05, 4.69) is 19.2 Å². The Morgan fingerprint density at radius 1 is 1.21 bits per heavy atom. The van der Waals surface area contributed by atoms with Crippen molar-refractivity contribution >= 4 is 5.78 Å². The molecule has 0 aromatic heterocycles. The zero-order valence-corrected chi connectivity index (χ0v) is 12.8. The summed E-state index contributed by atoms with van der Waals surface area (Å²) in [7, 11) is 0. The third-order valence-electron chi connectivity index (χ3n) is 3.65. The van der Waals surface area contributed by atoms with Crippen LogP contribution in [-0.4, -0.2) is 18.4 Å². The Balaban J connectivity index is 2.67. The number of ether oxygens (including phenoxy) is 1. The molecule has 1 rings (SSSR count). The Hall–Kier alpha value is -0.990. The molecule has 1 N–H and O–H groups in total. The van der Waals surface area contributed by atoms with Crippen molar-refractivity contribution in [1.29, 1.82) is 0 Å². The topological polar surface area (TPSA) is 38.3 Å². The molecule has 19 heavy (non-hydrogen) atoms. The van der Waals surface area contributed by atoms with Crippen molar-refractivity contribution in [3.05, 3.63) is 11.5 Å². The molecular formula is C16H29NO2. The molecule has 3 heteroatoms. The minimum absolute atomic E-state index is 0.0476. The van der Waals surface area contributed by atoms with Gasteiger partial charge < -0.3 is 10.1 Å². The van der Waals surface area contributed by atoms with Crippen molar-refractivity contribution in [3.63, 3.8) is 0 Å². The van der Waals surface area contributed by atoms with E-state index >= 15 is 0 Å². The number of carbonyl (C=O) groups is 1.